The van der Waals surface area contributed by atoms with Gasteiger partial charge in [0.25, 0.3) is 0 Å². The molecule has 2 saturated heterocycles. The molecule has 5 heteroatoms. The van der Waals surface area contributed by atoms with Gasteiger partial charge in [0.1, 0.15) is 5.82 Å². The van der Waals surface area contributed by atoms with Gasteiger partial charge in [-0.15, -0.1) is 0 Å². The van der Waals surface area contributed by atoms with Crippen molar-refractivity contribution in [3.63, 3.8) is 0 Å². The predicted molar refractivity (Wildman–Crippen MR) is 97.5 cm³/mol. The number of benzene rings is 1. The molecule has 2 aromatic rings. The summed E-state index contributed by atoms with van der Waals surface area (Å²) in [7, 11) is 0. The van der Waals surface area contributed by atoms with Crippen LogP contribution in [0.5, 0.6) is 0 Å². The molecule has 2 atom stereocenters. The van der Waals surface area contributed by atoms with Crippen molar-refractivity contribution in [1.82, 2.24) is 14.8 Å². The Labute approximate surface area is 153 Å². The third kappa shape index (κ3) is 3.12. The van der Waals surface area contributed by atoms with Crippen molar-refractivity contribution in [3.05, 3.63) is 65.7 Å². The maximum atomic E-state index is 13.4. The molecule has 1 aromatic heterocycles. The first kappa shape index (κ1) is 17.2. The molecule has 4 nitrogen and oxygen atoms in total. The molecule has 2 fully saturated rings. The predicted octanol–water partition coefficient (Wildman–Crippen LogP) is 3.09. The molecule has 1 spiro atoms. The molecule has 0 saturated carbocycles. The highest BCUT2D eigenvalue weighted by atomic mass is 19.1. The summed E-state index contributed by atoms with van der Waals surface area (Å²) >= 11 is 0. The lowest BCUT2D eigenvalue weighted by Crippen LogP contribution is -2.39. The first-order valence-corrected chi connectivity index (χ1v) is 9.22. The van der Waals surface area contributed by atoms with Crippen LogP contribution in [0.4, 0.5) is 4.39 Å². The van der Waals surface area contributed by atoms with Crippen LogP contribution in [-0.2, 0) is 17.9 Å². The van der Waals surface area contributed by atoms with E-state index in [-0.39, 0.29) is 17.1 Å². The fourth-order valence-electron chi connectivity index (χ4n) is 4.52. The minimum absolute atomic E-state index is 0.205. The van der Waals surface area contributed by atoms with Crippen molar-refractivity contribution < 1.29 is 9.18 Å². The number of pyridine rings is 1. The van der Waals surface area contributed by atoms with Gasteiger partial charge in [-0.25, -0.2) is 4.39 Å². The van der Waals surface area contributed by atoms with E-state index in [4.69, 9.17) is 0 Å². The van der Waals surface area contributed by atoms with Crippen molar-refractivity contribution >= 4 is 5.91 Å². The number of carbonyl (C=O) groups excluding carboxylic acids is 1. The molecule has 26 heavy (non-hydrogen) atoms. The van der Waals surface area contributed by atoms with Crippen LogP contribution in [0.1, 0.15) is 24.5 Å². The normalized spacial score (nSPS) is 26.2. The number of aromatic nitrogens is 1. The SMILES string of the molecule is C[C@@H]1CN(Cc2cccc(F)c2)C[C@]12CCN(Cc1cccnc1)C2=O. The number of likely N-dealkylation sites (tertiary alicyclic amines) is 2. The van der Waals surface area contributed by atoms with E-state index in [0.717, 1.165) is 37.2 Å². The summed E-state index contributed by atoms with van der Waals surface area (Å²) in [5, 5.41) is 0. The van der Waals surface area contributed by atoms with Gasteiger partial charge in [0.2, 0.25) is 5.91 Å². The minimum atomic E-state index is -0.296. The highest BCUT2D eigenvalue weighted by Gasteiger charge is 2.54. The van der Waals surface area contributed by atoms with Gasteiger partial charge in [-0.1, -0.05) is 25.1 Å². The van der Waals surface area contributed by atoms with E-state index in [1.54, 1.807) is 18.3 Å². The summed E-state index contributed by atoms with van der Waals surface area (Å²) in [5.74, 6) is 0.363. The Bertz CT molecular complexity index is 797. The molecule has 2 aliphatic rings. The maximum absolute atomic E-state index is 13.4. The van der Waals surface area contributed by atoms with Gasteiger partial charge in [-0.3, -0.25) is 14.7 Å². The molecule has 4 rings (SSSR count). The van der Waals surface area contributed by atoms with Crippen molar-refractivity contribution in [3.8, 4) is 0 Å². The Morgan fingerprint density at radius 1 is 1.23 bits per heavy atom. The largest absolute Gasteiger partial charge is 0.338 e. The van der Waals surface area contributed by atoms with E-state index in [1.165, 1.54) is 6.07 Å². The fraction of sp³-hybridized carbons (Fsp3) is 0.429. The van der Waals surface area contributed by atoms with Gasteiger partial charge in [0, 0.05) is 45.1 Å². The highest BCUT2D eigenvalue weighted by molar-refractivity contribution is 5.86. The number of carbonyl (C=O) groups is 1. The number of halogens is 1. The number of amides is 1. The average Bonchev–Trinajstić information content (AvgIpc) is 3.10. The smallest absolute Gasteiger partial charge is 0.230 e. The molecule has 0 radical (unpaired) electrons. The minimum Gasteiger partial charge on any atom is -0.338 e. The summed E-state index contributed by atoms with van der Waals surface area (Å²) in [5.41, 5.74) is 1.74. The molecule has 0 aliphatic carbocycles. The highest BCUT2D eigenvalue weighted by Crippen LogP contribution is 2.45. The van der Waals surface area contributed by atoms with E-state index in [0.29, 0.717) is 19.0 Å². The number of rotatable bonds is 4. The summed E-state index contributed by atoms with van der Waals surface area (Å²) in [6.45, 7) is 5.93. The van der Waals surface area contributed by atoms with Crippen LogP contribution in [0, 0.1) is 17.2 Å². The zero-order valence-corrected chi connectivity index (χ0v) is 15.1. The van der Waals surface area contributed by atoms with Crippen molar-refractivity contribution in [2.75, 3.05) is 19.6 Å². The Hall–Kier alpha value is -2.27. The van der Waals surface area contributed by atoms with Gasteiger partial charge >= 0.3 is 0 Å². The quantitative estimate of drug-likeness (QED) is 0.847. The van der Waals surface area contributed by atoms with Crippen molar-refractivity contribution in [2.45, 2.75) is 26.4 Å². The second-order valence-electron chi connectivity index (χ2n) is 7.69. The van der Waals surface area contributed by atoms with Gasteiger partial charge in [0.15, 0.2) is 0 Å². The first-order valence-electron chi connectivity index (χ1n) is 9.22. The lowest BCUT2D eigenvalue weighted by Gasteiger charge is -2.27. The third-order valence-electron chi connectivity index (χ3n) is 5.91. The molecule has 3 heterocycles. The monoisotopic (exact) mass is 353 g/mol. The average molecular weight is 353 g/mol. The molecule has 1 aromatic carbocycles. The summed E-state index contributed by atoms with van der Waals surface area (Å²) in [4.78, 5) is 21.6. The van der Waals surface area contributed by atoms with E-state index in [2.05, 4.69) is 16.8 Å². The molecule has 1 amide bonds. The van der Waals surface area contributed by atoms with Crippen LogP contribution in [0.2, 0.25) is 0 Å². The number of hydrogen-bond donors (Lipinski definition) is 0. The Kier molecular flexibility index (Phi) is 4.49. The fourth-order valence-corrected chi connectivity index (χ4v) is 4.52. The second kappa shape index (κ2) is 6.80. The summed E-state index contributed by atoms with van der Waals surface area (Å²) < 4.78 is 13.4. The van der Waals surface area contributed by atoms with E-state index >= 15 is 0 Å². The van der Waals surface area contributed by atoms with Gasteiger partial charge in [-0.05, 0) is 41.7 Å². The van der Waals surface area contributed by atoms with E-state index < -0.39 is 0 Å². The molecule has 0 unspecified atom stereocenters. The summed E-state index contributed by atoms with van der Waals surface area (Å²) in [6, 6.07) is 10.7. The van der Waals surface area contributed by atoms with Crippen LogP contribution in [0.25, 0.3) is 0 Å². The van der Waals surface area contributed by atoms with E-state index in [9.17, 15) is 9.18 Å². The maximum Gasteiger partial charge on any atom is 0.230 e. The van der Waals surface area contributed by atoms with E-state index in [1.807, 2.05) is 29.3 Å². The topological polar surface area (TPSA) is 36.4 Å². The lowest BCUT2D eigenvalue weighted by atomic mass is 9.78. The first-order chi connectivity index (χ1) is 12.6. The Morgan fingerprint density at radius 2 is 2.08 bits per heavy atom. The molecular weight excluding hydrogens is 329 g/mol. The zero-order chi connectivity index (χ0) is 18.1. The third-order valence-corrected chi connectivity index (χ3v) is 5.91. The van der Waals surface area contributed by atoms with Gasteiger partial charge in [-0.2, -0.15) is 0 Å². The Balaban J connectivity index is 1.46. The number of nitrogens with zero attached hydrogens (tertiary/aromatic N) is 3. The van der Waals surface area contributed by atoms with Crippen molar-refractivity contribution in [2.24, 2.45) is 11.3 Å². The molecular formula is C21H24FN3O. The Morgan fingerprint density at radius 3 is 2.85 bits per heavy atom. The van der Waals surface area contributed by atoms with Gasteiger partial charge in [0.05, 0.1) is 5.41 Å². The zero-order valence-electron chi connectivity index (χ0n) is 15.1. The van der Waals surface area contributed by atoms with Crippen molar-refractivity contribution in [1.29, 1.82) is 0 Å². The van der Waals surface area contributed by atoms with Crippen LogP contribution < -0.4 is 0 Å². The molecule has 136 valence electrons. The molecule has 0 N–H and O–H groups in total. The van der Waals surface area contributed by atoms with Crippen LogP contribution in [0.15, 0.2) is 48.8 Å². The second-order valence-corrected chi connectivity index (χ2v) is 7.69. The van der Waals surface area contributed by atoms with Crippen LogP contribution in [-0.4, -0.2) is 40.3 Å². The lowest BCUT2D eigenvalue weighted by molar-refractivity contribution is -0.137. The van der Waals surface area contributed by atoms with Crippen LogP contribution >= 0.6 is 0 Å². The van der Waals surface area contributed by atoms with Crippen LogP contribution in [0.3, 0.4) is 0 Å². The molecule has 0 bridgehead atoms. The standard InChI is InChI=1S/C21H24FN3O/c1-16-12-24(13-17-4-2-6-19(22)10-17)15-21(16)7-9-25(20(21)26)14-18-5-3-8-23-11-18/h2-6,8,10-11,16H,7,9,12-15H2,1H3/t16-,21-/m1/s1. The number of hydrogen-bond acceptors (Lipinski definition) is 3. The van der Waals surface area contributed by atoms with Gasteiger partial charge < -0.3 is 4.90 Å². The molecule has 2 aliphatic heterocycles. The summed E-state index contributed by atoms with van der Waals surface area (Å²) in [6.07, 6.45) is 4.47.